The van der Waals surface area contributed by atoms with Gasteiger partial charge >= 0.3 is 17.6 Å². The first-order valence-electron chi connectivity index (χ1n) is 10.3. The molecule has 0 aliphatic carbocycles. The molecular formula is C23H19N3O8S. The smallest absolute Gasteiger partial charge is 0.332 e. The number of nitrogens with zero attached hydrogens (tertiary/aromatic N) is 2. The average molecular weight is 497 g/mol. The van der Waals surface area contributed by atoms with Crippen molar-refractivity contribution in [2.75, 3.05) is 4.72 Å². The number of hydrogen-bond acceptors (Lipinski definition) is 6. The van der Waals surface area contributed by atoms with Crippen molar-refractivity contribution in [1.29, 1.82) is 0 Å². The van der Waals surface area contributed by atoms with E-state index in [0.29, 0.717) is 15.2 Å². The lowest BCUT2D eigenvalue weighted by molar-refractivity contribution is -0.147. The third-order valence-electron chi connectivity index (χ3n) is 5.20. The minimum atomic E-state index is -1.94. The number of aromatic nitrogens is 2. The Bertz CT molecular complexity index is 1540. The highest BCUT2D eigenvalue weighted by molar-refractivity contribution is 7.86. The number of aliphatic carboxylic acids is 2. The van der Waals surface area contributed by atoms with E-state index in [1.807, 2.05) is 0 Å². The van der Waals surface area contributed by atoms with Crippen LogP contribution >= 0.6 is 0 Å². The summed E-state index contributed by atoms with van der Waals surface area (Å²) < 4.78 is 22.3. The maximum atomic E-state index is 13.3. The molecule has 0 bridgehead atoms. The van der Waals surface area contributed by atoms with Gasteiger partial charge in [0.05, 0.1) is 35.0 Å². The predicted molar refractivity (Wildman–Crippen MR) is 126 cm³/mol. The fourth-order valence-corrected chi connectivity index (χ4v) is 4.47. The lowest BCUT2D eigenvalue weighted by Gasteiger charge is -2.18. The Labute approximate surface area is 199 Å². The molecule has 2 atom stereocenters. The van der Waals surface area contributed by atoms with Crippen LogP contribution in [0.5, 0.6) is 0 Å². The highest BCUT2D eigenvalue weighted by Gasteiger charge is 2.28. The summed E-state index contributed by atoms with van der Waals surface area (Å²) >= 11 is 0. The summed E-state index contributed by atoms with van der Waals surface area (Å²) in [6.45, 7) is -0.134. The van der Waals surface area contributed by atoms with Crippen molar-refractivity contribution < 1.29 is 28.4 Å². The van der Waals surface area contributed by atoms with Gasteiger partial charge in [0.2, 0.25) is 0 Å². The number of rotatable bonds is 9. The molecule has 2 aromatic carbocycles. The van der Waals surface area contributed by atoms with Gasteiger partial charge in [-0.25, -0.2) is 18.4 Å². The maximum Gasteiger partial charge on any atom is 0.332 e. The molecule has 0 aliphatic heterocycles. The van der Waals surface area contributed by atoms with Gasteiger partial charge in [-0.05, 0) is 42.5 Å². The predicted octanol–water partition coefficient (Wildman–Crippen LogP) is 2.04. The molecule has 0 radical (unpaired) electrons. The van der Waals surface area contributed by atoms with Crippen LogP contribution < -0.4 is 16.0 Å². The fraction of sp³-hybridized carbons (Fsp3) is 0.130. The zero-order chi connectivity index (χ0) is 25.1. The second-order valence-electron chi connectivity index (χ2n) is 7.49. The van der Waals surface area contributed by atoms with Crippen LogP contribution in [-0.4, -0.2) is 35.5 Å². The van der Waals surface area contributed by atoms with Crippen LogP contribution in [0.25, 0.3) is 10.9 Å². The highest BCUT2D eigenvalue weighted by atomic mass is 32.2. The molecule has 2 aromatic heterocycles. The topological polar surface area (TPSA) is 161 Å². The van der Waals surface area contributed by atoms with Crippen LogP contribution in [-0.2, 0) is 27.1 Å². The Morgan fingerprint density at radius 1 is 1.03 bits per heavy atom. The number of fused-ring (bicyclic) bond motifs is 1. The summed E-state index contributed by atoms with van der Waals surface area (Å²) in [5.41, 5.74) is -1.54. The molecule has 0 saturated carbocycles. The number of carbonyl (C=O) groups is 2. The van der Waals surface area contributed by atoms with Crippen molar-refractivity contribution in [3.63, 3.8) is 0 Å². The molecule has 0 saturated heterocycles. The second kappa shape index (κ2) is 9.81. The Morgan fingerprint density at radius 2 is 1.77 bits per heavy atom. The summed E-state index contributed by atoms with van der Waals surface area (Å²) in [5.74, 6) is -2.78. The third-order valence-corrected chi connectivity index (χ3v) is 6.32. The van der Waals surface area contributed by atoms with E-state index < -0.39 is 46.6 Å². The molecule has 3 N–H and O–H groups in total. The van der Waals surface area contributed by atoms with Crippen molar-refractivity contribution >= 4 is 39.5 Å². The molecule has 4 rings (SSSR count). The Morgan fingerprint density at radius 3 is 2.40 bits per heavy atom. The standard InChI is InChI=1S/C23H19N3O8S/c27-20(28)12-19(22(30)31)26-21(29)17-11-14(24-35(33)16-6-2-1-3-7-16)8-9-18(17)25(23(26)32)13-15-5-4-10-34-15/h1-11,19,24H,12-13H2,(H,27,28)(H,30,31). The van der Waals surface area contributed by atoms with E-state index >= 15 is 0 Å². The summed E-state index contributed by atoms with van der Waals surface area (Å²) in [7, 11) is -1.66. The van der Waals surface area contributed by atoms with Gasteiger partial charge < -0.3 is 19.4 Å². The molecule has 0 aliphatic rings. The second-order valence-corrected chi connectivity index (χ2v) is 8.70. The Balaban J connectivity index is 1.90. The van der Waals surface area contributed by atoms with Crippen molar-refractivity contribution in [1.82, 2.24) is 9.13 Å². The van der Waals surface area contributed by atoms with E-state index in [9.17, 15) is 33.6 Å². The normalized spacial score (nSPS) is 12.8. The van der Waals surface area contributed by atoms with Gasteiger partial charge in [-0.2, -0.15) is 0 Å². The van der Waals surface area contributed by atoms with Crippen LogP contribution in [0.15, 0.2) is 85.8 Å². The summed E-state index contributed by atoms with van der Waals surface area (Å²) in [5, 5.41) is 18.7. The van der Waals surface area contributed by atoms with Gasteiger partial charge in [-0.1, -0.05) is 18.2 Å². The number of hydrogen-bond donors (Lipinski definition) is 3. The van der Waals surface area contributed by atoms with Gasteiger partial charge in [0.1, 0.15) is 22.8 Å². The third kappa shape index (κ3) is 4.92. The molecule has 2 heterocycles. The monoisotopic (exact) mass is 497 g/mol. The lowest BCUT2D eigenvalue weighted by atomic mass is 10.1. The largest absolute Gasteiger partial charge is 0.481 e. The van der Waals surface area contributed by atoms with E-state index in [1.165, 1.54) is 24.5 Å². The molecule has 180 valence electrons. The van der Waals surface area contributed by atoms with Gasteiger partial charge in [0.15, 0.2) is 0 Å². The van der Waals surface area contributed by atoms with Gasteiger partial charge in [0, 0.05) is 5.69 Å². The van der Waals surface area contributed by atoms with Crippen LogP contribution in [0.3, 0.4) is 0 Å². The maximum absolute atomic E-state index is 13.3. The number of carboxylic acid groups (broad SMARTS) is 2. The van der Waals surface area contributed by atoms with Crippen LogP contribution in [0.4, 0.5) is 5.69 Å². The molecule has 0 spiro atoms. The number of carboxylic acids is 2. The molecule has 2 unspecified atom stereocenters. The Hall–Kier alpha value is -4.45. The van der Waals surface area contributed by atoms with Gasteiger partial charge in [-0.15, -0.1) is 0 Å². The number of nitrogens with one attached hydrogen (secondary N) is 1. The molecule has 0 amide bonds. The minimum Gasteiger partial charge on any atom is -0.481 e. The first-order chi connectivity index (χ1) is 16.8. The fourth-order valence-electron chi connectivity index (χ4n) is 3.61. The minimum absolute atomic E-state index is 0.0668. The zero-order valence-electron chi connectivity index (χ0n) is 18.0. The molecule has 12 heteroatoms. The van der Waals surface area contributed by atoms with Gasteiger partial charge in [0.25, 0.3) is 5.56 Å². The van der Waals surface area contributed by atoms with Crippen molar-refractivity contribution in [2.45, 2.75) is 23.9 Å². The summed E-state index contributed by atoms with van der Waals surface area (Å²) in [6, 6.07) is 14.1. The number of anilines is 1. The average Bonchev–Trinajstić information content (AvgIpc) is 3.35. The number of benzene rings is 2. The van der Waals surface area contributed by atoms with Crippen molar-refractivity contribution in [3.05, 3.63) is 93.5 Å². The summed E-state index contributed by atoms with van der Waals surface area (Å²) in [4.78, 5) is 50.2. The highest BCUT2D eigenvalue weighted by Crippen LogP contribution is 2.20. The van der Waals surface area contributed by atoms with Crippen LogP contribution in [0.2, 0.25) is 0 Å². The van der Waals surface area contributed by atoms with E-state index in [-0.39, 0.29) is 23.1 Å². The lowest BCUT2D eigenvalue weighted by Crippen LogP contribution is -2.45. The van der Waals surface area contributed by atoms with E-state index in [1.54, 1.807) is 42.5 Å². The molecule has 4 aromatic rings. The molecule has 35 heavy (non-hydrogen) atoms. The van der Waals surface area contributed by atoms with E-state index in [0.717, 1.165) is 4.57 Å². The first kappa shape index (κ1) is 23.7. The molecular weight excluding hydrogens is 478 g/mol. The Kier molecular flexibility index (Phi) is 6.64. The SMILES string of the molecule is O=C(O)CC(C(=O)O)n1c(=O)c2cc(NS(=O)c3ccccc3)ccc2n(Cc2ccco2)c1=O. The van der Waals surface area contributed by atoms with E-state index in [2.05, 4.69) is 4.72 Å². The van der Waals surface area contributed by atoms with E-state index in [4.69, 9.17) is 4.42 Å². The summed E-state index contributed by atoms with van der Waals surface area (Å²) in [6.07, 6.45) is 0.413. The van der Waals surface area contributed by atoms with Crippen LogP contribution in [0, 0.1) is 0 Å². The van der Waals surface area contributed by atoms with Crippen molar-refractivity contribution in [2.24, 2.45) is 0 Å². The quantitative estimate of drug-likeness (QED) is 0.317. The van der Waals surface area contributed by atoms with Crippen molar-refractivity contribution in [3.8, 4) is 0 Å². The molecule has 0 fully saturated rings. The first-order valence-corrected chi connectivity index (χ1v) is 11.4. The number of furan rings is 1. The van der Waals surface area contributed by atoms with Crippen LogP contribution in [0.1, 0.15) is 18.2 Å². The zero-order valence-corrected chi connectivity index (χ0v) is 18.8. The van der Waals surface area contributed by atoms with Gasteiger partial charge in [-0.3, -0.25) is 14.2 Å². The molecule has 11 nitrogen and oxygen atoms in total.